The minimum atomic E-state index is 0.522. The second kappa shape index (κ2) is 10.6. The van der Waals surface area contributed by atoms with Gasteiger partial charge in [-0.1, -0.05) is 36.4 Å². The molecule has 0 saturated carbocycles. The van der Waals surface area contributed by atoms with Gasteiger partial charge in [0.1, 0.15) is 0 Å². The Labute approximate surface area is 162 Å². The number of hydrogen-bond donors (Lipinski definition) is 2. The predicted octanol–water partition coefficient (Wildman–Crippen LogP) is 1.35. The van der Waals surface area contributed by atoms with Crippen molar-refractivity contribution in [2.45, 2.75) is 13.0 Å². The molecule has 1 aliphatic rings. The minimum absolute atomic E-state index is 0.522. The van der Waals surface area contributed by atoms with Gasteiger partial charge in [0.2, 0.25) is 0 Å². The number of nitrogens with one attached hydrogen (secondary N) is 1. The Hall–Kier alpha value is -2.44. The summed E-state index contributed by atoms with van der Waals surface area (Å²) in [4.78, 5) is 13.7. The third kappa shape index (κ3) is 7.00. The maximum Gasteiger partial charge on any atom is 0.188 e. The summed E-state index contributed by atoms with van der Waals surface area (Å²) in [5.41, 5.74) is 8.40. The molecular formula is C21H30N6. The highest BCUT2D eigenvalue weighted by Gasteiger charge is 2.16. The number of rotatable bonds is 8. The van der Waals surface area contributed by atoms with E-state index in [2.05, 4.69) is 55.4 Å². The molecule has 0 spiro atoms. The quantitative estimate of drug-likeness (QED) is 0.545. The van der Waals surface area contributed by atoms with E-state index in [1.807, 2.05) is 24.4 Å². The average molecular weight is 367 g/mol. The molecule has 0 unspecified atom stereocenters. The summed E-state index contributed by atoms with van der Waals surface area (Å²) in [5, 5.41) is 3.16. The van der Waals surface area contributed by atoms with E-state index in [0.717, 1.165) is 64.5 Å². The molecule has 0 amide bonds. The molecule has 1 saturated heterocycles. The molecule has 144 valence electrons. The van der Waals surface area contributed by atoms with Crippen LogP contribution in [0.25, 0.3) is 0 Å². The maximum atomic E-state index is 5.95. The predicted molar refractivity (Wildman–Crippen MR) is 111 cm³/mol. The van der Waals surface area contributed by atoms with E-state index in [-0.39, 0.29) is 0 Å². The summed E-state index contributed by atoms with van der Waals surface area (Å²) in [6, 6.07) is 16.6. The van der Waals surface area contributed by atoms with E-state index in [0.29, 0.717) is 5.96 Å². The van der Waals surface area contributed by atoms with Crippen LogP contribution in [0.5, 0.6) is 0 Å². The van der Waals surface area contributed by atoms with Crippen molar-refractivity contribution in [2.24, 2.45) is 10.7 Å². The summed E-state index contributed by atoms with van der Waals surface area (Å²) < 4.78 is 0. The third-order valence-corrected chi connectivity index (χ3v) is 4.83. The fourth-order valence-corrected chi connectivity index (χ4v) is 3.25. The lowest BCUT2D eigenvalue weighted by atomic mass is 10.2. The van der Waals surface area contributed by atoms with E-state index >= 15 is 0 Å². The van der Waals surface area contributed by atoms with Gasteiger partial charge in [0.05, 0.1) is 6.54 Å². The molecule has 0 bridgehead atoms. The summed E-state index contributed by atoms with van der Waals surface area (Å²) in [5.74, 6) is 0.522. The Morgan fingerprint density at radius 3 is 2.48 bits per heavy atom. The second-order valence-electron chi connectivity index (χ2n) is 6.87. The fourth-order valence-electron chi connectivity index (χ4n) is 3.25. The second-order valence-corrected chi connectivity index (χ2v) is 6.87. The Morgan fingerprint density at radius 1 is 1.00 bits per heavy atom. The first-order valence-corrected chi connectivity index (χ1v) is 9.72. The van der Waals surface area contributed by atoms with Gasteiger partial charge in [-0.2, -0.15) is 0 Å². The normalized spacial score (nSPS) is 16.4. The smallest absolute Gasteiger partial charge is 0.188 e. The van der Waals surface area contributed by atoms with E-state index in [4.69, 9.17) is 5.73 Å². The average Bonchev–Trinajstić information content (AvgIpc) is 2.71. The highest BCUT2D eigenvalue weighted by atomic mass is 15.3. The highest BCUT2D eigenvalue weighted by Crippen LogP contribution is 2.08. The SMILES string of the molecule is NC(=NCCN1CCN(Cc2ccccc2)CC1)NCCc1ccccn1. The number of nitrogens with zero attached hydrogens (tertiary/aromatic N) is 4. The topological polar surface area (TPSA) is 69.8 Å². The number of guanidine groups is 1. The van der Waals surface area contributed by atoms with Crippen LogP contribution < -0.4 is 11.1 Å². The number of benzene rings is 1. The lowest BCUT2D eigenvalue weighted by Crippen LogP contribution is -2.46. The minimum Gasteiger partial charge on any atom is -0.370 e. The molecule has 2 heterocycles. The number of aliphatic imine (C=N–C) groups is 1. The third-order valence-electron chi connectivity index (χ3n) is 4.83. The molecule has 3 rings (SSSR count). The highest BCUT2D eigenvalue weighted by molar-refractivity contribution is 5.77. The first-order valence-electron chi connectivity index (χ1n) is 9.72. The van der Waals surface area contributed by atoms with Crippen molar-refractivity contribution in [3.63, 3.8) is 0 Å². The van der Waals surface area contributed by atoms with Gasteiger partial charge in [0, 0.05) is 64.1 Å². The molecule has 1 aromatic heterocycles. The van der Waals surface area contributed by atoms with Gasteiger partial charge in [-0.05, 0) is 17.7 Å². The van der Waals surface area contributed by atoms with E-state index in [1.165, 1.54) is 5.56 Å². The van der Waals surface area contributed by atoms with Crippen LogP contribution in [0.15, 0.2) is 59.7 Å². The van der Waals surface area contributed by atoms with Gasteiger partial charge in [0.15, 0.2) is 5.96 Å². The molecule has 0 radical (unpaired) electrons. The van der Waals surface area contributed by atoms with Gasteiger partial charge >= 0.3 is 0 Å². The molecule has 0 aliphatic carbocycles. The Balaban J connectivity index is 1.28. The van der Waals surface area contributed by atoms with E-state index in [1.54, 1.807) is 0 Å². The van der Waals surface area contributed by atoms with Crippen molar-refractivity contribution in [2.75, 3.05) is 45.8 Å². The van der Waals surface area contributed by atoms with Crippen molar-refractivity contribution in [1.82, 2.24) is 20.1 Å². The van der Waals surface area contributed by atoms with Crippen LogP contribution >= 0.6 is 0 Å². The zero-order valence-electron chi connectivity index (χ0n) is 15.9. The largest absolute Gasteiger partial charge is 0.370 e. The summed E-state index contributed by atoms with van der Waals surface area (Å²) >= 11 is 0. The Bertz CT molecular complexity index is 680. The zero-order valence-corrected chi connectivity index (χ0v) is 15.9. The summed E-state index contributed by atoms with van der Waals surface area (Å²) in [6.07, 6.45) is 2.66. The molecule has 27 heavy (non-hydrogen) atoms. The fraction of sp³-hybridized carbons (Fsp3) is 0.429. The summed E-state index contributed by atoms with van der Waals surface area (Å²) in [7, 11) is 0. The first-order chi connectivity index (χ1) is 13.3. The van der Waals surface area contributed by atoms with Crippen LogP contribution in [0, 0.1) is 0 Å². The van der Waals surface area contributed by atoms with Crippen molar-refractivity contribution in [3.05, 3.63) is 66.0 Å². The number of pyridine rings is 1. The van der Waals surface area contributed by atoms with Crippen LogP contribution in [0.4, 0.5) is 0 Å². The molecule has 1 aliphatic heterocycles. The number of aromatic nitrogens is 1. The van der Waals surface area contributed by atoms with E-state index in [9.17, 15) is 0 Å². The molecule has 3 N–H and O–H groups in total. The molecule has 0 atom stereocenters. The van der Waals surface area contributed by atoms with Crippen LogP contribution in [-0.4, -0.2) is 66.6 Å². The van der Waals surface area contributed by atoms with Gasteiger partial charge in [-0.15, -0.1) is 0 Å². The van der Waals surface area contributed by atoms with Gasteiger partial charge in [-0.3, -0.25) is 19.8 Å². The van der Waals surface area contributed by atoms with Crippen LogP contribution in [0.2, 0.25) is 0 Å². The number of hydrogen-bond acceptors (Lipinski definition) is 4. The van der Waals surface area contributed by atoms with Crippen molar-refractivity contribution in [1.29, 1.82) is 0 Å². The molecule has 6 nitrogen and oxygen atoms in total. The standard InChI is InChI=1S/C21H30N6/c22-21(24-11-9-20-8-4-5-10-23-20)25-12-13-26-14-16-27(17-15-26)18-19-6-2-1-3-7-19/h1-8,10H,9,11-18H2,(H3,22,24,25). The van der Waals surface area contributed by atoms with Crippen molar-refractivity contribution >= 4 is 5.96 Å². The monoisotopic (exact) mass is 366 g/mol. The number of piperazine rings is 1. The molecule has 1 aromatic carbocycles. The zero-order chi connectivity index (χ0) is 18.7. The van der Waals surface area contributed by atoms with Crippen LogP contribution in [-0.2, 0) is 13.0 Å². The first kappa shape index (κ1) is 19.3. The van der Waals surface area contributed by atoms with Crippen LogP contribution in [0.1, 0.15) is 11.3 Å². The van der Waals surface area contributed by atoms with Crippen LogP contribution in [0.3, 0.4) is 0 Å². The van der Waals surface area contributed by atoms with Gasteiger partial charge in [0.25, 0.3) is 0 Å². The molecule has 6 heteroatoms. The Kier molecular flexibility index (Phi) is 7.62. The molecule has 1 fully saturated rings. The Morgan fingerprint density at radius 2 is 1.74 bits per heavy atom. The van der Waals surface area contributed by atoms with Crippen molar-refractivity contribution < 1.29 is 0 Å². The lowest BCUT2D eigenvalue weighted by Gasteiger charge is -2.34. The van der Waals surface area contributed by atoms with Gasteiger partial charge < -0.3 is 11.1 Å². The maximum absolute atomic E-state index is 5.95. The van der Waals surface area contributed by atoms with Gasteiger partial charge in [-0.25, -0.2) is 0 Å². The molecular weight excluding hydrogens is 336 g/mol. The lowest BCUT2D eigenvalue weighted by molar-refractivity contribution is 0.130. The number of nitrogens with two attached hydrogens (primary N) is 1. The summed E-state index contributed by atoms with van der Waals surface area (Å²) in [6.45, 7) is 7.89. The molecule has 2 aromatic rings. The van der Waals surface area contributed by atoms with Crippen molar-refractivity contribution in [3.8, 4) is 0 Å². The van der Waals surface area contributed by atoms with E-state index < -0.39 is 0 Å².